The van der Waals surface area contributed by atoms with E-state index in [4.69, 9.17) is 4.74 Å². The normalized spacial score (nSPS) is 14.2. The molecule has 1 aliphatic rings. The Labute approximate surface area is 82.7 Å². The van der Waals surface area contributed by atoms with Crippen LogP contribution in [0.4, 0.5) is 5.69 Å². The molecule has 2 aromatic carbocycles. The molecular weight excluding hydrogens is 174 g/mol. The fourth-order valence-corrected chi connectivity index (χ4v) is 1.96. The summed E-state index contributed by atoms with van der Waals surface area (Å²) in [6.07, 6.45) is 0. The molecular formula is C12H11NO. The number of nitrogens with zero attached hydrogens (tertiary/aromatic N) is 1. The van der Waals surface area contributed by atoms with Gasteiger partial charge in [0, 0.05) is 12.4 Å². The van der Waals surface area contributed by atoms with Crippen LogP contribution in [-0.2, 0) is 0 Å². The van der Waals surface area contributed by atoms with Gasteiger partial charge in [-0.25, -0.2) is 0 Å². The maximum atomic E-state index is 5.63. The summed E-state index contributed by atoms with van der Waals surface area (Å²) in [4.78, 5) is 2.12. The van der Waals surface area contributed by atoms with E-state index >= 15 is 0 Å². The molecule has 0 aromatic heterocycles. The van der Waals surface area contributed by atoms with Crippen LogP contribution in [0, 0.1) is 0 Å². The fraction of sp³-hybridized carbons (Fsp3) is 0.167. The average Bonchev–Trinajstić information content (AvgIpc) is 2.24. The zero-order valence-electron chi connectivity index (χ0n) is 8.03. The summed E-state index contributed by atoms with van der Waals surface area (Å²) in [6.45, 7) is 0.635. The lowest BCUT2D eigenvalue weighted by Gasteiger charge is -2.27. The third-order valence-corrected chi connectivity index (χ3v) is 2.67. The first-order valence-electron chi connectivity index (χ1n) is 4.72. The fourth-order valence-electron chi connectivity index (χ4n) is 1.96. The summed E-state index contributed by atoms with van der Waals surface area (Å²) in [5.74, 6) is 0.996. The second kappa shape index (κ2) is 2.64. The van der Waals surface area contributed by atoms with Crippen LogP contribution < -0.4 is 9.64 Å². The van der Waals surface area contributed by atoms with E-state index in [9.17, 15) is 0 Å². The monoisotopic (exact) mass is 185 g/mol. The second-order valence-electron chi connectivity index (χ2n) is 3.60. The van der Waals surface area contributed by atoms with Crippen LogP contribution in [0.1, 0.15) is 0 Å². The van der Waals surface area contributed by atoms with Crippen LogP contribution >= 0.6 is 0 Å². The number of hydrogen-bond donors (Lipinski definition) is 0. The van der Waals surface area contributed by atoms with E-state index in [1.54, 1.807) is 0 Å². The van der Waals surface area contributed by atoms with Crippen LogP contribution in [0.15, 0.2) is 36.4 Å². The summed E-state index contributed by atoms with van der Waals surface area (Å²) in [6, 6.07) is 12.5. The third kappa shape index (κ3) is 0.909. The molecule has 0 fully saturated rings. The predicted octanol–water partition coefficient (Wildman–Crippen LogP) is 2.63. The number of benzene rings is 2. The molecule has 0 bridgehead atoms. The summed E-state index contributed by atoms with van der Waals surface area (Å²) in [7, 11) is 2.05. The molecule has 70 valence electrons. The highest BCUT2D eigenvalue weighted by Crippen LogP contribution is 2.36. The van der Waals surface area contributed by atoms with E-state index in [0.717, 1.165) is 5.75 Å². The molecule has 2 nitrogen and oxygen atoms in total. The Hall–Kier alpha value is -1.70. The Balaban J connectivity index is 2.46. The van der Waals surface area contributed by atoms with Gasteiger partial charge in [0.15, 0.2) is 6.73 Å². The summed E-state index contributed by atoms with van der Waals surface area (Å²) < 4.78 is 5.63. The van der Waals surface area contributed by atoms with Gasteiger partial charge in [0.1, 0.15) is 5.75 Å². The maximum absolute atomic E-state index is 5.63. The van der Waals surface area contributed by atoms with Gasteiger partial charge in [0.05, 0.1) is 5.69 Å². The zero-order chi connectivity index (χ0) is 9.54. The first-order chi connectivity index (χ1) is 6.86. The third-order valence-electron chi connectivity index (χ3n) is 2.67. The number of rotatable bonds is 0. The Morgan fingerprint density at radius 3 is 2.79 bits per heavy atom. The standard InChI is InChI=1S/C12H11NO/c1-13-8-14-11-7-3-5-9-4-2-6-10(13)12(9)11/h2-7H,8H2,1H3. The van der Waals surface area contributed by atoms with Crippen LogP contribution in [0.25, 0.3) is 10.8 Å². The van der Waals surface area contributed by atoms with E-state index in [2.05, 4.69) is 29.2 Å². The van der Waals surface area contributed by atoms with Crippen molar-refractivity contribution in [2.24, 2.45) is 0 Å². The van der Waals surface area contributed by atoms with Crippen LogP contribution in [-0.4, -0.2) is 13.8 Å². The minimum absolute atomic E-state index is 0.635. The minimum atomic E-state index is 0.635. The van der Waals surface area contributed by atoms with Crippen molar-refractivity contribution < 1.29 is 4.74 Å². The molecule has 0 N–H and O–H groups in total. The Morgan fingerprint density at radius 2 is 1.93 bits per heavy atom. The largest absolute Gasteiger partial charge is 0.472 e. The molecule has 0 unspecified atom stereocenters. The lowest BCUT2D eigenvalue weighted by atomic mass is 10.1. The first-order valence-corrected chi connectivity index (χ1v) is 4.72. The van der Waals surface area contributed by atoms with Crippen LogP contribution in [0.2, 0.25) is 0 Å². The van der Waals surface area contributed by atoms with Crippen molar-refractivity contribution >= 4 is 16.5 Å². The van der Waals surface area contributed by atoms with Gasteiger partial charge in [-0.1, -0.05) is 24.3 Å². The molecule has 0 aliphatic carbocycles. The van der Waals surface area contributed by atoms with Gasteiger partial charge < -0.3 is 9.64 Å². The van der Waals surface area contributed by atoms with Gasteiger partial charge in [-0.2, -0.15) is 0 Å². The van der Waals surface area contributed by atoms with Crippen molar-refractivity contribution in [3.63, 3.8) is 0 Å². The highest BCUT2D eigenvalue weighted by molar-refractivity contribution is 5.99. The first kappa shape index (κ1) is 7.68. The molecule has 0 amide bonds. The minimum Gasteiger partial charge on any atom is -0.472 e. The van der Waals surface area contributed by atoms with E-state index in [1.165, 1.54) is 16.5 Å². The number of anilines is 1. The summed E-state index contributed by atoms with van der Waals surface area (Å²) in [5, 5.41) is 2.47. The molecule has 0 atom stereocenters. The van der Waals surface area contributed by atoms with E-state index in [0.29, 0.717) is 6.73 Å². The van der Waals surface area contributed by atoms with Gasteiger partial charge in [-0.15, -0.1) is 0 Å². The molecule has 1 heterocycles. The van der Waals surface area contributed by atoms with Gasteiger partial charge in [0.2, 0.25) is 0 Å². The molecule has 0 saturated carbocycles. The summed E-state index contributed by atoms with van der Waals surface area (Å²) >= 11 is 0. The maximum Gasteiger partial charge on any atom is 0.161 e. The lowest BCUT2D eigenvalue weighted by Crippen LogP contribution is -2.26. The van der Waals surface area contributed by atoms with Crippen molar-refractivity contribution in [3.05, 3.63) is 36.4 Å². The highest BCUT2D eigenvalue weighted by Gasteiger charge is 2.15. The summed E-state index contributed by atoms with van der Waals surface area (Å²) in [5.41, 5.74) is 1.25. The average molecular weight is 185 g/mol. The number of hydrogen-bond acceptors (Lipinski definition) is 2. The van der Waals surface area contributed by atoms with Crippen molar-refractivity contribution in [2.45, 2.75) is 0 Å². The highest BCUT2D eigenvalue weighted by atomic mass is 16.5. The van der Waals surface area contributed by atoms with Crippen molar-refractivity contribution in [2.75, 3.05) is 18.7 Å². The topological polar surface area (TPSA) is 12.5 Å². The molecule has 0 spiro atoms. The Morgan fingerprint density at radius 1 is 1.14 bits per heavy atom. The van der Waals surface area contributed by atoms with Crippen LogP contribution in [0.3, 0.4) is 0 Å². The number of ether oxygens (including phenoxy) is 1. The Bertz CT molecular complexity index is 487. The molecule has 1 aliphatic heterocycles. The molecule has 3 rings (SSSR count). The zero-order valence-corrected chi connectivity index (χ0v) is 8.03. The SMILES string of the molecule is CN1COc2cccc3cccc1c23. The quantitative estimate of drug-likeness (QED) is 0.625. The predicted molar refractivity (Wildman–Crippen MR) is 57.8 cm³/mol. The molecule has 0 saturated heterocycles. The van der Waals surface area contributed by atoms with Gasteiger partial charge in [-0.05, 0) is 17.5 Å². The van der Waals surface area contributed by atoms with E-state index < -0.39 is 0 Å². The second-order valence-corrected chi connectivity index (χ2v) is 3.60. The van der Waals surface area contributed by atoms with Gasteiger partial charge >= 0.3 is 0 Å². The van der Waals surface area contributed by atoms with E-state index in [1.807, 2.05) is 19.2 Å². The van der Waals surface area contributed by atoms with Crippen molar-refractivity contribution in [1.29, 1.82) is 0 Å². The smallest absolute Gasteiger partial charge is 0.161 e. The molecule has 14 heavy (non-hydrogen) atoms. The van der Waals surface area contributed by atoms with Gasteiger partial charge in [0.25, 0.3) is 0 Å². The molecule has 2 heteroatoms. The van der Waals surface area contributed by atoms with Crippen molar-refractivity contribution in [3.8, 4) is 5.75 Å². The lowest BCUT2D eigenvalue weighted by molar-refractivity contribution is 0.318. The van der Waals surface area contributed by atoms with Gasteiger partial charge in [-0.3, -0.25) is 0 Å². The van der Waals surface area contributed by atoms with E-state index in [-0.39, 0.29) is 0 Å². The Kier molecular flexibility index (Phi) is 1.45. The molecule has 0 radical (unpaired) electrons. The van der Waals surface area contributed by atoms with Crippen molar-refractivity contribution in [1.82, 2.24) is 0 Å². The van der Waals surface area contributed by atoms with Crippen LogP contribution in [0.5, 0.6) is 5.75 Å². The molecule has 2 aromatic rings.